The van der Waals surface area contributed by atoms with Crippen molar-refractivity contribution in [2.24, 2.45) is 0 Å². The Morgan fingerprint density at radius 2 is 1.13 bits per heavy atom. The van der Waals surface area contributed by atoms with Crippen LogP contribution in [0.5, 0.6) is 0 Å². The van der Waals surface area contributed by atoms with Gasteiger partial charge in [0.15, 0.2) is 18.0 Å². The second kappa shape index (κ2) is 21.0. The van der Waals surface area contributed by atoms with Crippen molar-refractivity contribution in [1.82, 2.24) is 13.7 Å². The van der Waals surface area contributed by atoms with E-state index >= 15 is 0 Å². The van der Waals surface area contributed by atoms with E-state index in [9.17, 15) is 9.90 Å². The number of carbonyl (C=O) groups is 1. The molecule has 7 rings (SSSR count). The molecule has 1 aliphatic heterocycles. The Morgan fingerprint density at radius 1 is 0.583 bits per heavy atom. The summed E-state index contributed by atoms with van der Waals surface area (Å²) in [7, 11) is 0. The van der Waals surface area contributed by atoms with Crippen LogP contribution in [0.3, 0.4) is 0 Å². The molecule has 318 valence electrons. The van der Waals surface area contributed by atoms with Crippen molar-refractivity contribution in [2.75, 3.05) is 6.54 Å². The lowest BCUT2D eigenvalue weighted by Crippen LogP contribution is -2.31. The third-order valence-electron chi connectivity index (χ3n) is 13.1. The van der Waals surface area contributed by atoms with Gasteiger partial charge in [-0.25, -0.2) is 18.3 Å². The molecule has 0 spiro atoms. The highest BCUT2D eigenvalue weighted by atomic mass is 16.3. The molecule has 2 aliphatic rings. The standard InChI is InChI=1S/C52H70N6O2/c1-5-7-9-11-13-15-17-23-29-53-31-33-55(39-53)35-37-57-41(3)47(43-25-19-21-27-45(43)57)49-51(59)50(52(49)60)48-42(4)58(46-28-22-20-26-44(46)48)38-36-56-34-32-54(40-56)30-24-18-16-14-12-10-8-6-2/h19-22,25-28,31-34,39-40H,5-18,23-24,29-30,35-38H2,1-4H3/q+2. The largest absolute Gasteiger partial charge is 0.871 e. The summed E-state index contributed by atoms with van der Waals surface area (Å²) in [6.45, 7) is 13.9. The molecule has 8 nitrogen and oxygen atoms in total. The Labute approximate surface area is 359 Å². The van der Waals surface area contributed by atoms with Crippen LogP contribution in [-0.4, -0.2) is 36.3 Å². The van der Waals surface area contributed by atoms with E-state index in [1.807, 2.05) is 24.3 Å². The lowest BCUT2D eigenvalue weighted by atomic mass is 9.78. The number of Topliss-reactive ketones (excluding diaryl/α,β-unsaturated/α-hetero) is 1. The monoisotopic (exact) mass is 811 g/mol. The first-order valence-corrected chi connectivity index (χ1v) is 23.5. The smallest absolute Gasteiger partial charge is 0.243 e. The molecule has 0 saturated carbocycles. The van der Waals surface area contributed by atoms with Gasteiger partial charge in [-0.2, -0.15) is 4.58 Å². The highest BCUT2D eigenvalue weighted by Gasteiger charge is 2.41. The van der Waals surface area contributed by atoms with Gasteiger partial charge in [-0.1, -0.05) is 127 Å². The first-order valence-electron chi connectivity index (χ1n) is 23.5. The summed E-state index contributed by atoms with van der Waals surface area (Å²) in [5.41, 5.74) is 7.25. The van der Waals surface area contributed by atoms with Crippen molar-refractivity contribution in [1.29, 1.82) is 0 Å². The van der Waals surface area contributed by atoms with Crippen LogP contribution in [0.4, 0.5) is 5.69 Å². The van der Waals surface area contributed by atoms with Crippen LogP contribution in [0.15, 0.2) is 97.3 Å². The van der Waals surface area contributed by atoms with Crippen molar-refractivity contribution < 1.29 is 23.6 Å². The van der Waals surface area contributed by atoms with Crippen molar-refractivity contribution in [3.8, 4) is 0 Å². The molecule has 0 amide bonds. The number of rotatable bonds is 25. The number of benzene rings is 2. The molecular weight excluding hydrogens is 741 g/mol. The van der Waals surface area contributed by atoms with E-state index < -0.39 is 0 Å². The first kappa shape index (κ1) is 43.1. The van der Waals surface area contributed by atoms with Gasteiger partial charge in [0.2, 0.25) is 18.3 Å². The number of carbonyl (C=O) groups excluding carboxylic acids is 1. The molecule has 0 N–H and O–H groups in total. The Kier molecular flexibility index (Phi) is 15.1. The van der Waals surface area contributed by atoms with Crippen LogP contribution in [-0.2, 0) is 37.5 Å². The molecular formula is C52H70N6O2+2. The molecule has 3 aromatic heterocycles. The molecule has 4 heterocycles. The number of hydrogen-bond acceptors (Lipinski definition) is 2. The van der Waals surface area contributed by atoms with Gasteiger partial charge >= 0.3 is 0 Å². The molecule has 60 heavy (non-hydrogen) atoms. The molecule has 0 unspecified atom stereocenters. The number of para-hydroxylation sites is 2. The normalized spacial score (nSPS) is 15.2. The molecule has 2 aromatic carbocycles. The van der Waals surface area contributed by atoms with Crippen molar-refractivity contribution >= 4 is 39.2 Å². The second-order valence-electron chi connectivity index (χ2n) is 17.4. The summed E-state index contributed by atoms with van der Waals surface area (Å²) in [6, 6.07) is 16.5. The zero-order valence-corrected chi connectivity index (χ0v) is 37.1. The van der Waals surface area contributed by atoms with E-state index in [1.54, 1.807) is 0 Å². The molecule has 1 aliphatic carbocycles. The Morgan fingerprint density at radius 3 is 1.75 bits per heavy atom. The zero-order valence-electron chi connectivity index (χ0n) is 37.1. The fourth-order valence-corrected chi connectivity index (χ4v) is 9.61. The number of nitrogens with zero attached hydrogens (tertiary/aromatic N) is 6. The number of ketones is 1. The van der Waals surface area contributed by atoms with Gasteiger partial charge in [-0.05, 0) is 44.7 Å². The summed E-state index contributed by atoms with van der Waals surface area (Å²) in [5, 5.41) is 15.4. The third kappa shape index (κ3) is 9.80. The summed E-state index contributed by atoms with van der Waals surface area (Å²) in [4.78, 5) is 14.4. The van der Waals surface area contributed by atoms with Gasteiger partial charge < -0.3 is 9.67 Å². The molecule has 0 radical (unpaired) electrons. The van der Waals surface area contributed by atoms with Gasteiger partial charge in [0, 0.05) is 46.3 Å². The Hall–Kier alpha value is -4.98. The van der Waals surface area contributed by atoms with Gasteiger partial charge in [-0.15, -0.1) is 0 Å². The van der Waals surface area contributed by atoms with E-state index in [0.29, 0.717) is 11.1 Å². The maximum absolute atomic E-state index is 14.4. The summed E-state index contributed by atoms with van der Waals surface area (Å²) >= 11 is 0. The van der Waals surface area contributed by atoms with E-state index in [4.69, 9.17) is 0 Å². The zero-order chi connectivity index (χ0) is 41.8. The number of aromatic nitrogens is 5. The van der Waals surface area contributed by atoms with Crippen LogP contribution in [0.1, 0.15) is 140 Å². The van der Waals surface area contributed by atoms with Gasteiger partial charge in [0.1, 0.15) is 37.9 Å². The lowest BCUT2D eigenvalue weighted by Gasteiger charge is -2.32. The number of allylic oxidation sites excluding steroid dienone is 3. The minimum atomic E-state index is -0.142. The fourth-order valence-electron chi connectivity index (χ4n) is 9.61. The van der Waals surface area contributed by atoms with E-state index in [-0.39, 0.29) is 11.5 Å². The maximum atomic E-state index is 14.4. The molecule has 0 saturated heterocycles. The maximum Gasteiger partial charge on any atom is 0.243 e. The predicted octanol–water partition coefficient (Wildman–Crippen LogP) is 10.0. The first-order chi connectivity index (χ1) is 29.4. The number of fused-ring (bicyclic) bond motifs is 2. The Bertz CT molecular complexity index is 2330. The van der Waals surface area contributed by atoms with Crippen LogP contribution in [0.25, 0.3) is 22.0 Å². The number of imidazole rings is 2. The molecule has 0 atom stereocenters. The summed E-state index contributed by atoms with van der Waals surface area (Å²) in [6.07, 6.45) is 34.3. The van der Waals surface area contributed by atoms with Crippen LogP contribution in [0, 0.1) is 6.92 Å². The fraction of sp³-hybridized carbons (Fsp3) is 0.500. The summed E-state index contributed by atoms with van der Waals surface area (Å²) < 4.78 is 13.7. The number of unbranched alkanes of at least 4 members (excludes halogenated alkanes) is 14. The molecule has 8 heteroatoms. The topological polar surface area (TPSA) is 65.7 Å². The third-order valence-corrected chi connectivity index (χ3v) is 13.1. The van der Waals surface area contributed by atoms with Gasteiger partial charge in [0.25, 0.3) is 0 Å². The molecule has 0 fully saturated rings. The highest BCUT2D eigenvalue weighted by molar-refractivity contribution is 6.46. The van der Waals surface area contributed by atoms with Gasteiger partial charge in [0.05, 0.1) is 30.8 Å². The van der Waals surface area contributed by atoms with Crippen LogP contribution < -0.4 is 14.2 Å². The molecule has 0 bridgehead atoms. The van der Waals surface area contributed by atoms with Crippen molar-refractivity contribution in [2.45, 2.75) is 163 Å². The van der Waals surface area contributed by atoms with Crippen molar-refractivity contribution in [3.05, 3.63) is 114 Å². The second-order valence-corrected chi connectivity index (χ2v) is 17.4. The average Bonchev–Trinajstić information content (AvgIpc) is 4.04. The van der Waals surface area contributed by atoms with E-state index in [2.05, 4.69) is 117 Å². The lowest BCUT2D eigenvalue weighted by molar-refractivity contribution is -0.697. The quantitative estimate of drug-likeness (QED) is 0.0335. The van der Waals surface area contributed by atoms with Crippen molar-refractivity contribution in [3.63, 3.8) is 0 Å². The van der Waals surface area contributed by atoms with Crippen LogP contribution in [0.2, 0.25) is 0 Å². The Balaban J connectivity index is 1.03. The van der Waals surface area contributed by atoms with Crippen LogP contribution >= 0.6 is 0 Å². The SMILES string of the molecule is CCCCCCCCCC[n+]1ccn(CCn2c(C)c(C3=C([O-])/C(=C4/C(C)=[N+](CCn5cc[n+](CCCCCCCCCC)c5)c5ccccc54)C3=O)c3ccccc32)c1. The minimum absolute atomic E-state index is 0.142. The van der Waals surface area contributed by atoms with E-state index in [1.165, 1.54) is 103 Å². The van der Waals surface area contributed by atoms with E-state index in [0.717, 1.165) is 84.0 Å². The number of hydrogen-bond donors (Lipinski definition) is 0. The minimum Gasteiger partial charge on any atom is -0.871 e. The highest BCUT2D eigenvalue weighted by Crippen LogP contribution is 2.46. The average molecular weight is 811 g/mol. The summed E-state index contributed by atoms with van der Waals surface area (Å²) in [5.74, 6) is -0.284. The predicted molar refractivity (Wildman–Crippen MR) is 242 cm³/mol. The molecule has 5 aromatic rings. The van der Waals surface area contributed by atoms with Gasteiger partial charge in [-0.3, -0.25) is 4.79 Å². The number of aryl methyl sites for hydroxylation is 4.